The average molecular weight is 253 g/mol. The maximum atomic E-state index is 5.78. The molecule has 0 amide bonds. The number of nitrogens with one attached hydrogen (secondary N) is 1. The number of rotatable bonds is 6. The molecule has 0 aromatic rings. The molecule has 2 nitrogen and oxygen atoms in total. The fourth-order valence-electron chi connectivity index (χ4n) is 3.80. The summed E-state index contributed by atoms with van der Waals surface area (Å²) in [5.74, 6) is 1.72. The van der Waals surface area contributed by atoms with Crippen molar-refractivity contribution >= 4 is 0 Å². The molecule has 1 saturated carbocycles. The summed E-state index contributed by atoms with van der Waals surface area (Å²) in [5.41, 5.74) is 0. The van der Waals surface area contributed by atoms with Crippen molar-refractivity contribution in [2.75, 3.05) is 13.2 Å². The van der Waals surface area contributed by atoms with Crippen molar-refractivity contribution < 1.29 is 4.74 Å². The van der Waals surface area contributed by atoms with Crippen LogP contribution >= 0.6 is 0 Å². The van der Waals surface area contributed by atoms with Gasteiger partial charge in [-0.2, -0.15) is 0 Å². The van der Waals surface area contributed by atoms with Gasteiger partial charge in [0.05, 0.1) is 6.10 Å². The lowest BCUT2D eigenvalue weighted by Gasteiger charge is -2.32. The molecule has 3 atom stereocenters. The third-order valence-electron chi connectivity index (χ3n) is 4.92. The Labute approximate surface area is 113 Å². The van der Waals surface area contributed by atoms with Gasteiger partial charge in [0, 0.05) is 18.6 Å². The van der Waals surface area contributed by atoms with E-state index in [2.05, 4.69) is 19.2 Å². The summed E-state index contributed by atoms with van der Waals surface area (Å²) in [6.45, 7) is 6.67. The van der Waals surface area contributed by atoms with Crippen LogP contribution in [-0.4, -0.2) is 25.3 Å². The first-order valence-corrected chi connectivity index (χ1v) is 8.16. The van der Waals surface area contributed by atoms with E-state index in [1.165, 1.54) is 57.9 Å². The topological polar surface area (TPSA) is 21.3 Å². The smallest absolute Gasteiger partial charge is 0.0590 e. The molecule has 2 aliphatic rings. The summed E-state index contributed by atoms with van der Waals surface area (Å²) in [6.07, 6.45) is 11.7. The highest BCUT2D eigenvalue weighted by Crippen LogP contribution is 2.32. The Morgan fingerprint density at radius 1 is 1.17 bits per heavy atom. The summed E-state index contributed by atoms with van der Waals surface area (Å²) >= 11 is 0. The molecule has 1 N–H and O–H groups in total. The molecule has 0 radical (unpaired) electrons. The molecule has 0 spiro atoms. The first-order valence-electron chi connectivity index (χ1n) is 8.16. The predicted molar refractivity (Wildman–Crippen MR) is 76.8 cm³/mol. The molecule has 106 valence electrons. The van der Waals surface area contributed by atoms with E-state index < -0.39 is 0 Å². The molecule has 2 fully saturated rings. The third-order valence-corrected chi connectivity index (χ3v) is 4.92. The van der Waals surface area contributed by atoms with Crippen molar-refractivity contribution in [2.24, 2.45) is 11.8 Å². The normalized spacial score (nSPS) is 31.7. The first kappa shape index (κ1) is 14.3. The molecule has 3 unspecified atom stereocenters. The maximum Gasteiger partial charge on any atom is 0.0590 e. The second-order valence-electron chi connectivity index (χ2n) is 6.33. The van der Waals surface area contributed by atoms with Crippen LogP contribution < -0.4 is 5.32 Å². The first-order chi connectivity index (χ1) is 8.81. The van der Waals surface area contributed by atoms with Crippen LogP contribution in [0.3, 0.4) is 0 Å². The van der Waals surface area contributed by atoms with Crippen LogP contribution in [-0.2, 0) is 4.74 Å². The molecule has 2 rings (SSSR count). The van der Waals surface area contributed by atoms with E-state index in [0.29, 0.717) is 12.1 Å². The molecule has 1 aliphatic heterocycles. The Morgan fingerprint density at radius 2 is 1.94 bits per heavy atom. The minimum absolute atomic E-state index is 0.461. The van der Waals surface area contributed by atoms with Crippen LogP contribution in [0.1, 0.15) is 65.2 Å². The monoisotopic (exact) mass is 253 g/mol. The number of hydrogen-bond acceptors (Lipinski definition) is 2. The van der Waals surface area contributed by atoms with Gasteiger partial charge in [0.2, 0.25) is 0 Å². The lowest BCUT2D eigenvalue weighted by Crippen LogP contribution is -2.41. The maximum absolute atomic E-state index is 5.78. The van der Waals surface area contributed by atoms with Crippen LogP contribution in [0.2, 0.25) is 0 Å². The molecule has 1 heterocycles. The predicted octanol–water partition coefficient (Wildman–Crippen LogP) is 3.75. The second-order valence-corrected chi connectivity index (χ2v) is 6.33. The van der Waals surface area contributed by atoms with Crippen LogP contribution in [0.5, 0.6) is 0 Å². The van der Waals surface area contributed by atoms with Crippen LogP contribution in [0.4, 0.5) is 0 Å². The molecule has 2 heteroatoms. The van der Waals surface area contributed by atoms with E-state index in [1.807, 2.05) is 0 Å². The van der Waals surface area contributed by atoms with Gasteiger partial charge in [-0.05, 0) is 38.6 Å². The SMILES string of the molecule is CCCNC(CC1CCCCC1)C1CCOC1C. The highest BCUT2D eigenvalue weighted by Gasteiger charge is 2.33. The summed E-state index contributed by atoms with van der Waals surface area (Å²) in [5, 5.41) is 3.81. The van der Waals surface area contributed by atoms with Crippen LogP contribution in [0.25, 0.3) is 0 Å². The van der Waals surface area contributed by atoms with E-state index in [-0.39, 0.29) is 0 Å². The van der Waals surface area contributed by atoms with Gasteiger partial charge < -0.3 is 10.1 Å². The highest BCUT2D eigenvalue weighted by atomic mass is 16.5. The average Bonchev–Trinajstić information content (AvgIpc) is 2.82. The van der Waals surface area contributed by atoms with E-state index in [4.69, 9.17) is 4.74 Å². The Morgan fingerprint density at radius 3 is 2.56 bits per heavy atom. The van der Waals surface area contributed by atoms with E-state index >= 15 is 0 Å². The number of ether oxygens (including phenoxy) is 1. The van der Waals surface area contributed by atoms with Gasteiger partial charge in [-0.25, -0.2) is 0 Å². The fraction of sp³-hybridized carbons (Fsp3) is 1.00. The fourth-order valence-corrected chi connectivity index (χ4v) is 3.80. The quantitative estimate of drug-likeness (QED) is 0.778. The van der Waals surface area contributed by atoms with Crippen LogP contribution in [0, 0.1) is 11.8 Å². The van der Waals surface area contributed by atoms with E-state index in [1.54, 1.807) is 0 Å². The zero-order chi connectivity index (χ0) is 12.8. The standard InChI is InChI=1S/C16H31NO/c1-3-10-17-16(15-9-11-18-13(15)2)12-14-7-5-4-6-8-14/h13-17H,3-12H2,1-2H3. The molecule has 1 aliphatic carbocycles. The zero-order valence-electron chi connectivity index (χ0n) is 12.3. The van der Waals surface area contributed by atoms with Crippen molar-refractivity contribution in [3.05, 3.63) is 0 Å². The Kier molecular flexibility index (Phi) is 5.97. The van der Waals surface area contributed by atoms with Gasteiger partial charge >= 0.3 is 0 Å². The van der Waals surface area contributed by atoms with Gasteiger partial charge in [0.1, 0.15) is 0 Å². The Bertz CT molecular complexity index is 225. The molecular weight excluding hydrogens is 222 g/mol. The second kappa shape index (κ2) is 7.49. The van der Waals surface area contributed by atoms with Gasteiger partial charge in [-0.3, -0.25) is 0 Å². The molecule has 0 aromatic carbocycles. The lowest BCUT2D eigenvalue weighted by molar-refractivity contribution is 0.0905. The summed E-state index contributed by atoms with van der Waals surface area (Å²) in [6, 6.07) is 0.700. The Balaban J connectivity index is 1.86. The van der Waals surface area contributed by atoms with E-state index in [9.17, 15) is 0 Å². The van der Waals surface area contributed by atoms with Crippen LogP contribution in [0.15, 0.2) is 0 Å². The third kappa shape index (κ3) is 3.96. The van der Waals surface area contributed by atoms with Gasteiger partial charge in [-0.15, -0.1) is 0 Å². The molecule has 18 heavy (non-hydrogen) atoms. The van der Waals surface area contributed by atoms with Gasteiger partial charge in [0.15, 0.2) is 0 Å². The van der Waals surface area contributed by atoms with E-state index in [0.717, 1.165) is 18.4 Å². The molecular formula is C16H31NO. The minimum atomic E-state index is 0.461. The number of hydrogen-bond donors (Lipinski definition) is 1. The van der Waals surface area contributed by atoms with Crippen molar-refractivity contribution in [1.29, 1.82) is 0 Å². The van der Waals surface area contributed by atoms with Crippen molar-refractivity contribution in [1.82, 2.24) is 5.32 Å². The van der Waals surface area contributed by atoms with Crippen molar-refractivity contribution in [2.45, 2.75) is 77.4 Å². The van der Waals surface area contributed by atoms with Crippen molar-refractivity contribution in [3.8, 4) is 0 Å². The van der Waals surface area contributed by atoms with Gasteiger partial charge in [0.25, 0.3) is 0 Å². The highest BCUT2D eigenvalue weighted by molar-refractivity contribution is 4.86. The summed E-state index contributed by atoms with van der Waals surface area (Å²) in [7, 11) is 0. The molecule has 1 saturated heterocycles. The summed E-state index contributed by atoms with van der Waals surface area (Å²) in [4.78, 5) is 0. The largest absolute Gasteiger partial charge is 0.378 e. The molecule has 0 aromatic heterocycles. The zero-order valence-corrected chi connectivity index (χ0v) is 12.3. The lowest BCUT2D eigenvalue weighted by atomic mass is 9.80. The summed E-state index contributed by atoms with van der Waals surface area (Å²) < 4.78 is 5.78. The minimum Gasteiger partial charge on any atom is -0.378 e. The van der Waals surface area contributed by atoms with Gasteiger partial charge in [-0.1, -0.05) is 39.0 Å². The van der Waals surface area contributed by atoms with Crippen molar-refractivity contribution in [3.63, 3.8) is 0 Å². The Hall–Kier alpha value is -0.0800. The molecule has 0 bridgehead atoms.